The predicted octanol–water partition coefficient (Wildman–Crippen LogP) is 0.752. The van der Waals surface area contributed by atoms with E-state index < -0.39 is 15.7 Å². The molecule has 8 heteroatoms. The Kier molecular flexibility index (Phi) is 4.83. The van der Waals surface area contributed by atoms with Crippen molar-refractivity contribution < 1.29 is 9.13 Å². The number of nitrogen functional groups attached to an aromatic ring is 1. The largest absolute Gasteiger partial charge is 0.384 e. The molecule has 7 nitrogen and oxygen atoms in total. The van der Waals surface area contributed by atoms with Gasteiger partial charge >= 0.3 is 5.69 Å². The topological polar surface area (TPSA) is 111 Å². The third-order valence-corrected chi connectivity index (χ3v) is 3.34. The van der Waals surface area contributed by atoms with Crippen LogP contribution >= 0.6 is 0 Å². The molecule has 0 aliphatic heterocycles. The number of nitrogens with one attached hydrogen (secondary N) is 1. The number of aromatic nitrogens is 1. The molecular weight excluding hydrogens is 244 g/mol. The van der Waals surface area contributed by atoms with E-state index in [-0.39, 0.29) is 17.3 Å². The fourth-order valence-electron chi connectivity index (χ4n) is 1.17. The summed E-state index contributed by atoms with van der Waals surface area (Å²) in [5, 5.41) is 13.5. The minimum atomic E-state index is -0.915. The van der Waals surface area contributed by atoms with Gasteiger partial charge in [-0.05, 0) is 6.07 Å². The van der Waals surface area contributed by atoms with Crippen molar-refractivity contribution in [2.45, 2.75) is 6.92 Å². The average molecular weight is 258 g/mol. The van der Waals surface area contributed by atoms with Crippen LogP contribution in [0.4, 0.5) is 17.3 Å². The van der Waals surface area contributed by atoms with Crippen molar-refractivity contribution in [1.29, 1.82) is 0 Å². The molecule has 0 aromatic carbocycles. The highest BCUT2D eigenvalue weighted by molar-refractivity contribution is 7.84. The van der Waals surface area contributed by atoms with Gasteiger partial charge in [0.2, 0.25) is 5.82 Å². The highest BCUT2D eigenvalue weighted by Crippen LogP contribution is 2.22. The molecule has 1 rings (SSSR count). The van der Waals surface area contributed by atoms with E-state index in [4.69, 9.17) is 5.73 Å². The van der Waals surface area contributed by atoms with Crippen LogP contribution in [0.1, 0.15) is 6.92 Å². The lowest BCUT2D eigenvalue weighted by Crippen LogP contribution is -2.14. The average Bonchev–Trinajstić information content (AvgIpc) is 2.28. The smallest absolute Gasteiger partial charge is 0.311 e. The number of hydrogen-bond donors (Lipinski definition) is 2. The first kappa shape index (κ1) is 13.4. The molecule has 17 heavy (non-hydrogen) atoms. The second kappa shape index (κ2) is 6.14. The highest BCUT2D eigenvalue weighted by atomic mass is 32.2. The molecule has 0 saturated carbocycles. The van der Waals surface area contributed by atoms with Crippen molar-refractivity contribution >= 4 is 28.1 Å². The Morgan fingerprint density at radius 1 is 1.59 bits per heavy atom. The van der Waals surface area contributed by atoms with Crippen molar-refractivity contribution in [3.63, 3.8) is 0 Å². The number of rotatable bonds is 6. The first-order chi connectivity index (χ1) is 8.04. The summed E-state index contributed by atoms with van der Waals surface area (Å²) in [6.45, 7) is 2.18. The zero-order valence-electron chi connectivity index (χ0n) is 9.38. The number of nitro groups is 1. The summed E-state index contributed by atoms with van der Waals surface area (Å²) in [5.41, 5.74) is 5.31. The lowest BCUT2D eigenvalue weighted by atomic mass is 10.3. The zero-order valence-corrected chi connectivity index (χ0v) is 10.2. The van der Waals surface area contributed by atoms with Gasteiger partial charge in [0.15, 0.2) is 0 Å². The van der Waals surface area contributed by atoms with Crippen molar-refractivity contribution in [2.75, 3.05) is 29.1 Å². The normalized spacial score (nSPS) is 12.1. The Morgan fingerprint density at radius 3 is 2.88 bits per heavy atom. The third-order valence-electron chi connectivity index (χ3n) is 2.04. The quantitative estimate of drug-likeness (QED) is 0.575. The van der Waals surface area contributed by atoms with E-state index in [0.29, 0.717) is 18.1 Å². The molecular formula is C9H14N4O3S. The van der Waals surface area contributed by atoms with E-state index in [9.17, 15) is 14.3 Å². The summed E-state index contributed by atoms with van der Waals surface area (Å²) in [5.74, 6) is 1.30. The van der Waals surface area contributed by atoms with Gasteiger partial charge in [0.25, 0.3) is 0 Å². The molecule has 1 heterocycles. The Labute approximate surface area is 101 Å². The van der Waals surface area contributed by atoms with Crippen LogP contribution in [0.5, 0.6) is 0 Å². The molecule has 0 saturated heterocycles. The molecule has 0 bridgehead atoms. The van der Waals surface area contributed by atoms with E-state index in [1.165, 1.54) is 12.1 Å². The summed E-state index contributed by atoms with van der Waals surface area (Å²) in [6.07, 6.45) is 0. The van der Waals surface area contributed by atoms with Gasteiger partial charge in [-0.2, -0.15) is 0 Å². The minimum absolute atomic E-state index is 0.114. The molecule has 94 valence electrons. The number of nitrogens with zero attached hydrogens (tertiary/aromatic N) is 2. The molecule has 1 aromatic rings. The molecule has 0 aliphatic carbocycles. The lowest BCUT2D eigenvalue weighted by molar-refractivity contribution is -0.384. The number of hydrogen-bond acceptors (Lipinski definition) is 6. The molecule has 3 N–H and O–H groups in total. The van der Waals surface area contributed by atoms with E-state index >= 15 is 0 Å². The van der Waals surface area contributed by atoms with Crippen LogP contribution in [0, 0.1) is 10.1 Å². The molecule has 1 unspecified atom stereocenters. The third kappa shape index (κ3) is 3.99. The summed E-state index contributed by atoms with van der Waals surface area (Å²) in [7, 11) is -0.915. The van der Waals surface area contributed by atoms with Gasteiger partial charge in [-0.15, -0.1) is 0 Å². The van der Waals surface area contributed by atoms with Crippen LogP contribution in [-0.4, -0.2) is 32.2 Å². The lowest BCUT2D eigenvalue weighted by Gasteiger charge is -2.06. The summed E-state index contributed by atoms with van der Waals surface area (Å²) in [6, 6.07) is 2.66. The fraction of sp³-hybridized carbons (Fsp3) is 0.444. The molecule has 0 fully saturated rings. The monoisotopic (exact) mass is 258 g/mol. The molecule has 0 amide bonds. The van der Waals surface area contributed by atoms with Gasteiger partial charge in [-0.25, -0.2) is 4.98 Å². The number of anilines is 2. The number of nitrogens with two attached hydrogens (primary N) is 1. The predicted molar refractivity (Wildman–Crippen MR) is 67.3 cm³/mol. The van der Waals surface area contributed by atoms with Crippen LogP contribution < -0.4 is 11.1 Å². The van der Waals surface area contributed by atoms with Gasteiger partial charge in [-0.1, -0.05) is 6.92 Å². The van der Waals surface area contributed by atoms with E-state index in [1.807, 2.05) is 6.92 Å². The Morgan fingerprint density at radius 2 is 2.29 bits per heavy atom. The first-order valence-corrected chi connectivity index (χ1v) is 6.53. The van der Waals surface area contributed by atoms with Crippen molar-refractivity contribution in [3.05, 3.63) is 22.2 Å². The van der Waals surface area contributed by atoms with Crippen molar-refractivity contribution in [1.82, 2.24) is 4.98 Å². The van der Waals surface area contributed by atoms with Crippen molar-refractivity contribution in [3.8, 4) is 0 Å². The molecule has 0 radical (unpaired) electrons. The second-order valence-electron chi connectivity index (χ2n) is 3.22. The van der Waals surface area contributed by atoms with Crippen molar-refractivity contribution in [2.24, 2.45) is 0 Å². The second-order valence-corrected chi connectivity index (χ2v) is 5.09. The maximum atomic E-state index is 11.2. The maximum absolute atomic E-state index is 11.2. The van der Waals surface area contributed by atoms with Gasteiger partial charge in [-0.3, -0.25) is 14.3 Å². The highest BCUT2D eigenvalue weighted by Gasteiger charge is 2.14. The van der Waals surface area contributed by atoms with Crippen LogP contribution in [0.2, 0.25) is 0 Å². The molecule has 1 aromatic heterocycles. The Hall–Kier alpha value is -1.70. The van der Waals surface area contributed by atoms with Crippen LogP contribution in [0.3, 0.4) is 0 Å². The SMILES string of the molecule is CCS(=O)CCNc1nc(N)ccc1[N+](=O)[O-]. The molecule has 1 atom stereocenters. The summed E-state index contributed by atoms with van der Waals surface area (Å²) in [4.78, 5) is 14.0. The van der Waals surface area contributed by atoms with E-state index in [0.717, 1.165) is 0 Å². The zero-order chi connectivity index (χ0) is 12.8. The number of pyridine rings is 1. The van der Waals surface area contributed by atoms with E-state index in [2.05, 4.69) is 10.3 Å². The molecule has 0 spiro atoms. The van der Waals surface area contributed by atoms with Crippen LogP contribution in [0.25, 0.3) is 0 Å². The summed E-state index contributed by atoms with van der Waals surface area (Å²) >= 11 is 0. The van der Waals surface area contributed by atoms with Gasteiger partial charge < -0.3 is 11.1 Å². The maximum Gasteiger partial charge on any atom is 0.311 e. The van der Waals surface area contributed by atoms with Crippen LogP contribution in [0.15, 0.2) is 12.1 Å². The van der Waals surface area contributed by atoms with Gasteiger partial charge in [0, 0.05) is 34.9 Å². The minimum Gasteiger partial charge on any atom is -0.384 e. The standard InChI is InChI=1S/C9H14N4O3S/c1-2-17(16)6-5-11-9-7(13(14)15)3-4-8(10)12-9/h3-4H,2,5-6H2,1H3,(H3,10,11,12). The summed E-state index contributed by atoms with van der Waals surface area (Å²) < 4.78 is 11.2. The Bertz CT molecular complexity index is 438. The van der Waals surface area contributed by atoms with Gasteiger partial charge in [0.05, 0.1) is 4.92 Å². The van der Waals surface area contributed by atoms with Gasteiger partial charge in [0.1, 0.15) is 5.82 Å². The van der Waals surface area contributed by atoms with Crippen LogP contribution in [-0.2, 0) is 10.8 Å². The Balaban J connectivity index is 2.72. The van der Waals surface area contributed by atoms with E-state index in [1.54, 1.807) is 0 Å². The molecule has 0 aliphatic rings. The fourth-order valence-corrected chi connectivity index (χ4v) is 1.79. The first-order valence-electron chi connectivity index (χ1n) is 5.04.